The van der Waals surface area contributed by atoms with Gasteiger partial charge in [-0.3, -0.25) is 14.9 Å². The Kier molecular flexibility index (Phi) is 9.62. The number of nitrogens with one attached hydrogen (secondary N) is 1. The fourth-order valence-electron chi connectivity index (χ4n) is 5.85. The lowest BCUT2D eigenvalue weighted by molar-refractivity contribution is -0.388. The summed E-state index contributed by atoms with van der Waals surface area (Å²) in [4.78, 5) is 26.9. The van der Waals surface area contributed by atoms with Crippen LogP contribution in [0.25, 0.3) is 0 Å². The zero-order chi connectivity index (χ0) is 29.8. The maximum atomic E-state index is 13.3. The second-order valence-electron chi connectivity index (χ2n) is 12.5. The van der Waals surface area contributed by atoms with Crippen LogP contribution in [0.4, 0.5) is 24.5 Å². The average molecular weight is 575 g/mol. The molecule has 2 aliphatic rings. The summed E-state index contributed by atoms with van der Waals surface area (Å²) in [7, 11) is 0. The highest BCUT2D eigenvalue weighted by atomic mass is 19.4. The van der Waals surface area contributed by atoms with E-state index in [0.29, 0.717) is 31.8 Å². The summed E-state index contributed by atoms with van der Waals surface area (Å²) >= 11 is 0. The first-order valence-electron chi connectivity index (χ1n) is 14.5. The van der Waals surface area contributed by atoms with Gasteiger partial charge in [0.1, 0.15) is 5.56 Å². The minimum Gasteiger partial charge on any atom is -0.380 e. The smallest absolute Gasteiger partial charge is 0.380 e. The van der Waals surface area contributed by atoms with Gasteiger partial charge in [0.15, 0.2) is 0 Å². The topological polar surface area (TPSA) is 78.7 Å². The van der Waals surface area contributed by atoms with Crippen molar-refractivity contribution in [3.05, 3.63) is 69.3 Å². The van der Waals surface area contributed by atoms with Crippen molar-refractivity contribution in [1.82, 2.24) is 9.80 Å². The summed E-state index contributed by atoms with van der Waals surface area (Å²) in [6.07, 6.45) is 0.437. The Balaban J connectivity index is 1.16. The number of nitro groups is 1. The number of likely N-dealkylation sites (tertiary alicyclic amines) is 2. The first-order valence-corrected chi connectivity index (χ1v) is 14.5. The molecule has 0 unspecified atom stereocenters. The van der Waals surface area contributed by atoms with E-state index in [1.807, 2.05) is 0 Å². The van der Waals surface area contributed by atoms with Crippen LogP contribution in [0.15, 0.2) is 42.5 Å². The number of anilines is 1. The number of alkyl halides is 3. The van der Waals surface area contributed by atoms with Crippen molar-refractivity contribution in [3.8, 4) is 0 Å². The monoisotopic (exact) mass is 574 g/mol. The van der Waals surface area contributed by atoms with E-state index in [0.717, 1.165) is 57.5 Å². The molecule has 1 amide bonds. The highest BCUT2D eigenvalue weighted by molar-refractivity contribution is 5.76. The van der Waals surface area contributed by atoms with Crippen LogP contribution in [0.3, 0.4) is 0 Å². The SMILES string of the molecule is CC(C)(C)c1ccc(CC2CCN(CCCC(=O)N3CC[C@H](Nc4ccc([N+](=O)[O-])c(C(F)(F)F)c4)C3)CC2)cc1. The number of halogens is 3. The summed E-state index contributed by atoms with van der Waals surface area (Å²) in [5.74, 6) is 0.743. The summed E-state index contributed by atoms with van der Waals surface area (Å²) in [6, 6.07) is 11.8. The minimum absolute atomic E-state index is 0.0579. The molecular weight excluding hydrogens is 533 g/mol. The van der Waals surface area contributed by atoms with E-state index in [9.17, 15) is 28.1 Å². The molecule has 4 rings (SSSR count). The van der Waals surface area contributed by atoms with Gasteiger partial charge in [-0.1, -0.05) is 45.0 Å². The Morgan fingerprint density at radius 1 is 1.02 bits per heavy atom. The predicted octanol–water partition coefficient (Wildman–Crippen LogP) is 6.66. The number of nitro benzene ring substituents is 1. The standard InChI is InChI=1S/C31H41F3N4O3/c1-30(2,3)24-8-6-22(7-9-24)19-23-12-16-36(17-13-23)15-4-5-29(39)37-18-14-26(21-37)35-25-10-11-28(38(40)41)27(20-25)31(32,33)34/h6-11,20,23,26,35H,4-5,12-19,21H2,1-3H3/t26-/m0/s1. The highest BCUT2D eigenvalue weighted by Gasteiger charge is 2.38. The predicted molar refractivity (Wildman–Crippen MR) is 154 cm³/mol. The van der Waals surface area contributed by atoms with E-state index in [-0.39, 0.29) is 23.1 Å². The molecule has 0 aromatic heterocycles. The third-order valence-electron chi connectivity index (χ3n) is 8.33. The van der Waals surface area contributed by atoms with Crippen LogP contribution in [-0.2, 0) is 22.8 Å². The molecule has 0 aliphatic carbocycles. The number of carbonyl (C=O) groups excluding carboxylic acids is 1. The van der Waals surface area contributed by atoms with E-state index in [4.69, 9.17) is 0 Å². The van der Waals surface area contributed by atoms with Gasteiger partial charge in [-0.2, -0.15) is 13.2 Å². The van der Waals surface area contributed by atoms with Crippen molar-refractivity contribution in [3.63, 3.8) is 0 Å². The molecular formula is C31H41F3N4O3. The van der Waals surface area contributed by atoms with Gasteiger partial charge >= 0.3 is 6.18 Å². The third-order valence-corrected chi connectivity index (χ3v) is 8.33. The van der Waals surface area contributed by atoms with E-state index < -0.39 is 22.4 Å². The number of piperidine rings is 1. The zero-order valence-corrected chi connectivity index (χ0v) is 24.2. The Morgan fingerprint density at radius 2 is 1.71 bits per heavy atom. The zero-order valence-electron chi connectivity index (χ0n) is 24.2. The number of hydrogen-bond donors (Lipinski definition) is 1. The molecule has 0 radical (unpaired) electrons. The van der Waals surface area contributed by atoms with Crippen LogP contribution in [0.5, 0.6) is 0 Å². The second kappa shape index (κ2) is 12.8. The van der Waals surface area contributed by atoms with Gasteiger partial charge in [0.2, 0.25) is 5.91 Å². The molecule has 224 valence electrons. The van der Waals surface area contributed by atoms with Crippen molar-refractivity contribution >= 4 is 17.3 Å². The highest BCUT2D eigenvalue weighted by Crippen LogP contribution is 2.38. The Bertz CT molecular complexity index is 1200. The van der Waals surface area contributed by atoms with Gasteiger partial charge in [0, 0.05) is 37.3 Å². The molecule has 1 atom stereocenters. The lowest BCUT2D eigenvalue weighted by Crippen LogP contribution is -2.36. The molecule has 2 fully saturated rings. The number of benzene rings is 2. The van der Waals surface area contributed by atoms with Crippen LogP contribution >= 0.6 is 0 Å². The molecule has 2 heterocycles. The Morgan fingerprint density at radius 3 is 2.32 bits per heavy atom. The number of amides is 1. The molecule has 7 nitrogen and oxygen atoms in total. The van der Waals surface area contributed by atoms with Crippen LogP contribution in [0, 0.1) is 16.0 Å². The van der Waals surface area contributed by atoms with Crippen LogP contribution < -0.4 is 5.32 Å². The number of rotatable bonds is 9. The number of nitrogens with zero attached hydrogens (tertiary/aromatic N) is 3. The summed E-state index contributed by atoms with van der Waals surface area (Å²) in [5.41, 5.74) is 0.828. The molecule has 0 bridgehead atoms. The summed E-state index contributed by atoms with van der Waals surface area (Å²) < 4.78 is 39.9. The molecule has 10 heteroatoms. The number of carbonyl (C=O) groups is 1. The minimum atomic E-state index is -4.83. The van der Waals surface area contributed by atoms with E-state index in [1.165, 1.54) is 17.2 Å². The molecule has 0 spiro atoms. The van der Waals surface area contributed by atoms with Crippen LogP contribution in [0.1, 0.15) is 69.6 Å². The summed E-state index contributed by atoms with van der Waals surface area (Å²) in [5, 5.41) is 14.0. The van der Waals surface area contributed by atoms with E-state index in [1.54, 1.807) is 4.90 Å². The quantitative estimate of drug-likeness (QED) is 0.268. The number of hydrogen-bond acceptors (Lipinski definition) is 5. The van der Waals surface area contributed by atoms with Gasteiger partial charge in [-0.15, -0.1) is 0 Å². The lowest BCUT2D eigenvalue weighted by atomic mass is 9.85. The van der Waals surface area contributed by atoms with E-state index in [2.05, 4.69) is 55.3 Å². The largest absolute Gasteiger partial charge is 0.423 e. The summed E-state index contributed by atoms with van der Waals surface area (Å²) in [6.45, 7) is 10.6. The van der Waals surface area contributed by atoms with Gasteiger partial charge in [-0.25, -0.2) is 0 Å². The third kappa shape index (κ3) is 8.44. The van der Waals surface area contributed by atoms with Crippen molar-refractivity contribution in [2.75, 3.05) is 38.0 Å². The lowest BCUT2D eigenvalue weighted by Gasteiger charge is -2.32. The fourth-order valence-corrected chi connectivity index (χ4v) is 5.85. The van der Waals surface area contributed by atoms with Crippen molar-refractivity contribution in [2.24, 2.45) is 5.92 Å². The normalized spacial score (nSPS) is 19.0. The van der Waals surface area contributed by atoms with Gasteiger partial charge in [0.25, 0.3) is 5.69 Å². The Hall–Kier alpha value is -3.14. The van der Waals surface area contributed by atoms with Crippen molar-refractivity contribution in [1.29, 1.82) is 0 Å². The molecule has 2 aromatic carbocycles. The van der Waals surface area contributed by atoms with Crippen LogP contribution in [0.2, 0.25) is 0 Å². The van der Waals surface area contributed by atoms with Crippen molar-refractivity contribution in [2.45, 2.75) is 76.9 Å². The maximum Gasteiger partial charge on any atom is 0.423 e. The van der Waals surface area contributed by atoms with Crippen molar-refractivity contribution < 1.29 is 22.9 Å². The van der Waals surface area contributed by atoms with Gasteiger partial charge in [-0.05, 0) is 86.3 Å². The molecule has 41 heavy (non-hydrogen) atoms. The van der Waals surface area contributed by atoms with Gasteiger partial charge < -0.3 is 15.1 Å². The fraction of sp³-hybridized carbons (Fsp3) is 0.581. The second-order valence-corrected chi connectivity index (χ2v) is 12.5. The van der Waals surface area contributed by atoms with Gasteiger partial charge in [0.05, 0.1) is 4.92 Å². The Labute approximate surface area is 240 Å². The molecule has 1 N–H and O–H groups in total. The maximum absolute atomic E-state index is 13.3. The molecule has 2 aliphatic heterocycles. The molecule has 0 saturated carbocycles. The van der Waals surface area contributed by atoms with Crippen LogP contribution in [-0.4, -0.2) is 59.4 Å². The van der Waals surface area contributed by atoms with E-state index >= 15 is 0 Å². The first-order chi connectivity index (χ1) is 19.3. The average Bonchev–Trinajstić information content (AvgIpc) is 3.37. The molecule has 2 saturated heterocycles. The molecule has 2 aromatic rings. The first kappa shape index (κ1) is 30.8.